The number of rotatable bonds is 3. The molecule has 0 fully saturated rings. The van der Waals surface area contributed by atoms with Crippen LogP contribution in [0.4, 0.5) is 17.1 Å². The van der Waals surface area contributed by atoms with Crippen molar-refractivity contribution in [1.82, 2.24) is 9.13 Å². The highest BCUT2D eigenvalue weighted by atomic mass is 16.5. The van der Waals surface area contributed by atoms with Gasteiger partial charge in [0.05, 0.1) is 33.3 Å². The lowest BCUT2D eigenvalue weighted by molar-refractivity contribution is 0.477. The molecule has 5 heteroatoms. The molecule has 0 amide bonds. The third-order valence-electron chi connectivity index (χ3n) is 9.91. The van der Waals surface area contributed by atoms with Crippen LogP contribution < -0.4 is 9.64 Å². The number of furan rings is 1. The minimum Gasteiger partial charge on any atom is -0.453 e. The van der Waals surface area contributed by atoms with Gasteiger partial charge in [-0.1, -0.05) is 78.9 Å². The maximum atomic E-state index is 6.49. The Kier molecular flexibility index (Phi) is 5.32. The van der Waals surface area contributed by atoms with Crippen LogP contribution in [0.3, 0.4) is 0 Å². The SMILES string of the molecule is c1ccc2c(c1)Oc1ccccc1N2c1ccc2c(c1)c1ccccc1n2-c1ccc(-n2c3ccccc3c3c4ccccc4oc32)cc1. The fourth-order valence-electron chi connectivity index (χ4n) is 7.81. The Balaban J connectivity index is 1.08. The minimum absolute atomic E-state index is 0.846. The Morgan fingerprint density at radius 2 is 0.918 bits per heavy atom. The van der Waals surface area contributed by atoms with E-state index in [1.807, 2.05) is 36.4 Å². The molecule has 11 rings (SSSR count). The van der Waals surface area contributed by atoms with Crippen LogP contribution in [0, 0.1) is 0 Å². The number of fused-ring (bicyclic) bond motifs is 10. The number of nitrogens with zero attached hydrogens (tertiary/aromatic N) is 3. The summed E-state index contributed by atoms with van der Waals surface area (Å²) in [6.45, 7) is 0. The average molecular weight is 630 g/mol. The number of ether oxygens (including phenoxy) is 1. The van der Waals surface area contributed by atoms with Gasteiger partial charge in [0, 0.05) is 38.6 Å². The zero-order valence-corrected chi connectivity index (χ0v) is 26.2. The van der Waals surface area contributed by atoms with E-state index in [2.05, 4.69) is 141 Å². The molecule has 0 radical (unpaired) electrons. The van der Waals surface area contributed by atoms with Gasteiger partial charge in [-0.25, -0.2) is 0 Å². The van der Waals surface area contributed by atoms with Crippen molar-refractivity contribution in [2.24, 2.45) is 0 Å². The zero-order chi connectivity index (χ0) is 32.1. The van der Waals surface area contributed by atoms with E-state index in [9.17, 15) is 0 Å². The van der Waals surface area contributed by atoms with Crippen LogP contribution >= 0.6 is 0 Å². The second-order valence-electron chi connectivity index (χ2n) is 12.6. The molecule has 1 aliphatic heterocycles. The minimum atomic E-state index is 0.846. The van der Waals surface area contributed by atoms with Crippen LogP contribution in [0.25, 0.3) is 66.2 Å². The van der Waals surface area contributed by atoms with Gasteiger partial charge in [0.1, 0.15) is 5.58 Å². The van der Waals surface area contributed by atoms with Crippen LogP contribution in [-0.2, 0) is 0 Å². The summed E-state index contributed by atoms with van der Waals surface area (Å²) in [6.07, 6.45) is 0. The van der Waals surface area contributed by atoms with Crippen LogP contribution in [0.15, 0.2) is 168 Å². The lowest BCUT2D eigenvalue weighted by atomic mass is 10.1. The Bertz CT molecular complexity index is 2880. The van der Waals surface area contributed by atoms with Gasteiger partial charge in [0.15, 0.2) is 11.5 Å². The second-order valence-corrected chi connectivity index (χ2v) is 12.6. The lowest BCUT2D eigenvalue weighted by Gasteiger charge is -2.32. The van der Waals surface area contributed by atoms with E-state index in [0.717, 1.165) is 78.6 Å². The van der Waals surface area contributed by atoms with Gasteiger partial charge in [-0.2, -0.15) is 0 Å². The molecule has 7 aromatic carbocycles. The summed E-state index contributed by atoms with van der Waals surface area (Å²) in [7, 11) is 0. The highest BCUT2D eigenvalue weighted by Gasteiger charge is 2.26. The molecule has 5 nitrogen and oxygen atoms in total. The highest BCUT2D eigenvalue weighted by molar-refractivity contribution is 6.20. The number of aromatic nitrogens is 2. The Morgan fingerprint density at radius 3 is 1.65 bits per heavy atom. The summed E-state index contributed by atoms with van der Waals surface area (Å²) in [5.74, 6) is 1.69. The van der Waals surface area contributed by atoms with Crippen LogP contribution in [-0.4, -0.2) is 9.13 Å². The van der Waals surface area contributed by atoms with Gasteiger partial charge in [-0.15, -0.1) is 0 Å². The van der Waals surface area contributed by atoms with E-state index in [1.165, 1.54) is 16.2 Å². The normalized spacial score (nSPS) is 12.6. The largest absolute Gasteiger partial charge is 0.453 e. The number of benzene rings is 7. The number of anilines is 3. The first-order chi connectivity index (χ1) is 24.3. The van der Waals surface area contributed by atoms with E-state index >= 15 is 0 Å². The number of hydrogen-bond donors (Lipinski definition) is 0. The quantitative estimate of drug-likeness (QED) is 0.195. The van der Waals surface area contributed by atoms with Crippen molar-refractivity contribution in [3.05, 3.63) is 164 Å². The Morgan fingerprint density at radius 1 is 0.388 bits per heavy atom. The summed E-state index contributed by atoms with van der Waals surface area (Å²) in [6, 6.07) is 57.6. The Labute approximate surface area is 281 Å². The molecule has 1 aliphatic rings. The maximum Gasteiger partial charge on any atom is 0.213 e. The molecule has 0 bridgehead atoms. The third kappa shape index (κ3) is 3.70. The standard InChI is InChI=1S/C44H27N3O2/c1-4-14-35-31(11-1)34-27-30(46-38-16-6-9-19-41(38)48-42-20-10-7-17-39(42)46)25-26-37(34)45(35)28-21-23-29(24-22-28)47-36-15-5-2-12-32(36)43-33-13-3-8-18-40(33)49-44(43)47/h1-27H. The molecule has 4 heterocycles. The maximum absolute atomic E-state index is 6.49. The van der Waals surface area contributed by atoms with E-state index in [4.69, 9.17) is 9.15 Å². The molecule has 0 aliphatic carbocycles. The smallest absolute Gasteiger partial charge is 0.213 e. The molecule has 0 saturated carbocycles. The third-order valence-corrected chi connectivity index (χ3v) is 9.91. The van der Waals surface area contributed by atoms with Crippen molar-refractivity contribution in [2.45, 2.75) is 0 Å². The topological polar surface area (TPSA) is 35.5 Å². The van der Waals surface area contributed by atoms with E-state index in [1.54, 1.807) is 0 Å². The Hall–Kier alpha value is -6.72. The molecule has 0 unspecified atom stereocenters. The molecule has 0 spiro atoms. The van der Waals surface area contributed by atoms with Crippen molar-refractivity contribution in [3.8, 4) is 22.9 Å². The van der Waals surface area contributed by atoms with Crippen molar-refractivity contribution in [3.63, 3.8) is 0 Å². The first-order valence-corrected chi connectivity index (χ1v) is 16.5. The number of para-hydroxylation sites is 7. The first kappa shape index (κ1) is 26.4. The fraction of sp³-hybridized carbons (Fsp3) is 0. The molecule has 10 aromatic rings. The van der Waals surface area contributed by atoms with E-state index < -0.39 is 0 Å². The molecule has 0 N–H and O–H groups in total. The molecule has 3 aromatic heterocycles. The summed E-state index contributed by atoms with van der Waals surface area (Å²) in [5, 5.41) is 5.88. The van der Waals surface area contributed by atoms with Gasteiger partial charge in [0.2, 0.25) is 5.71 Å². The molecular formula is C44H27N3O2. The lowest BCUT2D eigenvalue weighted by Crippen LogP contribution is -2.15. The summed E-state index contributed by atoms with van der Waals surface area (Å²) < 4.78 is 17.4. The predicted octanol–water partition coefficient (Wildman–Crippen LogP) is 12.2. The van der Waals surface area contributed by atoms with Crippen LogP contribution in [0.5, 0.6) is 11.5 Å². The predicted molar refractivity (Wildman–Crippen MR) is 200 cm³/mol. The van der Waals surface area contributed by atoms with Crippen molar-refractivity contribution >= 4 is 71.8 Å². The highest BCUT2D eigenvalue weighted by Crippen LogP contribution is 2.51. The van der Waals surface area contributed by atoms with Gasteiger partial charge >= 0.3 is 0 Å². The molecule has 230 valence electrons. The van der Waals surface area contributed by atoms with E-state index in [0.29, 0.717) is 0 Å². The van der Waals surface area contributed by atoms with Gasteiger partial charge in [-0.3, -0.25) is 4.57 Å². The first-order valence-electron chi connectivity index (χ1n) is 16.5. The second kappa shape index (κ2) is 9.89. The molecule has 49 heavy (non-hydrogen) atoms. The fourth-order valence-corrected chi connectivity index (χ4v) is 7.81. The summed E-state index contributed by atoms with van der Waals surface area (Å²) >= 11 is 0. The van der Waals surface area contributed by atoms with Crippen LogP contribution in [0.2, 0.25) is 0 Å². The zero-order valence-electron chi connectivity index (χ0n) is 26.2. The van der Waals surface area contributed by atoms with Crippen molar-refractivity contribution < 1.29 is 9.15 Å². The van der Waals surface area contributed by atoms with E-state index in [-0.39, 0.29) is 0 Å². The summed E-state index contributed by atoms with van der Waals surface area (Å²) in [4.78, 5) is 2.30. The van der Waals surface area contributed by atoms with Gasteiger partial charge in [-0.05, 0) is 84.9 Å². The van der Waals surface area contributed by atoms with Crippen molar-refractivity contribution in [1.29, 1.82) is 0 Å². The van der Waals surface area contributed by atoms with Gasteiger partial charge < -0.3 is 18.6 Å². The monoisotopic (exact) mass is 629 g/mol. The molecule has 0 atom stereocenters. The number of hydrogen-bond acceptors (Lipinski definition) is 3. The average Bonchev–Trinajstić information content (AvgIpc) is 3.80. The molecule has 0 saturated heterocycles. The molecular weight excluding hydrogens is 603 g/mol. The van der Waals surface area contributed by atoms with Crippen LogP contribution in [0.1, 0.15) is 0 Å². The van der Waals surface area contributed by atoms with Crippen molar-refractivity contribution in [2.75, 3.05) is 4.90 Å². The summed E-state index contributed by atoms with van der Waals surface area (Å²) in [5.41, 5.74) is 10.5. The van der Waals surface area contributed by atoms with Gasteiger partial charge in [0.25, 0.3) is 0 Å².